The highest BCUT2D eigenvalue weighted by molar-refractivity contribution is 5.63. The smallest absolute Gasteiger partial charge is 0.244 e. The molecule has 1 heterocycles. The second-order valence-electron chi connectivity index (χ2n) is 4.57. The Bertz CT molecular complexity index is 569. The number of hydrogen-bond donors (Lipinski definition) is 1. The predicted octanol–water partition coefficient (Wildman–Crippen LogP) is 2.54. The summed E-state index contributed by atoms with van der Waals surface area (Å²) in [5.41, 5.74) is 6.37. The molecule has 2 rings (SSSR count). The second-order valence-corrected chi connectivity index (χ2v) is 4.57. The molecule has 1 atom stereocenters. The maximum absolute atomic E-state index is 13.3. The van der Waals surface area contributed by atoms with E-state index < -0.39 is 5.82 Å². The van der Waals surface area contributed by atoms with Crippen molar-refractivity contribution in [1.82, 2.24) is 10.1 Å². The van der Waals surface area contributed by atoms with Crippen LogP contribution in [-0.2, 0) is 0 Å². The number of ether oxygens (including phenoxy) is 1. The molecule has 0 saturated carbocycles. The number of hydrogen-bond acceptors (Lipinski definition) is 5. The fourth-order valence-corrected chi connectivity index (χ4v) is 1.62. The molecule has 5 nitrogen and oxygen atoms in total. The Hall–Kier alpha value is -1.95. The van der Waals surface area contributed by atoms with Crippen molar-refractivity contribution < 1.29 is 13.7 Å². The Kier molecular flexibility index (Phi) is 3.80. The topological polar surface area (TPSA) is 74.2 Å². The zero-order valence-electron chi connectivity index (χ0n) is 11.1. The number of aromatic nitrogens is 2. The van der Waals surface area contributed by atoms with Crippen LogP contribution < -0.4 is 10.5 Å². The minimum atomic E-state index is -0.393. The fraction of sp³-hybridized carbons (Fsp3) is 0.385. The largest absolute Gasteiger partial charge is 0.496 e. The molecule has 0 fully saturated rings. The SMILES string of the molecule is COc1ccc(F)cc1-c1noc(C(N)C(C)C)n1. The van der Waals surface area contributed by atoms with E-state index in [0.717, 1.165) is 0 Å². The van der Waals surface area contributed by atoms with E-state index in [1.165, 1.54) is 25.3 Å². The van der Waals surface area contributed by atoms with Gasteiger partial charge >= 0.3 is 0 Å². The van der Waals surface area contributed by atoms with Crippen LogP contribution >= 0.6 is 0 Å². The van der Waals surface area contributed by atoms with Crippen LogP contribution in [0, 0.1) is 11.7 Å². The summed E-state index contributed by atoms with van der Waals surface area (Å²) in [6.07, 6.45) is 0. The molecule has 19 heavy (non-hydrogen) atoms. The minimum absolute atomic E-state index is 0.169. The van der Waals surface area contributed by atoms with Gasteiger partial charge in [-0.2, -0.15) is 4.98 Å². The van der Waals surface area contributed by atoms with Crippen molar-refractivity contribution in [2.24, 2.45) is 11.7 Å². The Balaban J connectivity index is 2.40. The first kappa shape index (κ1) is 13.5. The number of benzene rings is 1. The van der Waals surface area contributed by atoms with Gasteiger partial charge in [-0.15, -0.1) is 0 Å². The summed E-state index contributed by atoms with van der Waals surface area (Å²) in [5.74, 6) is 0.851. The highest BCUT2D eigenvalue weighted by atomic mass is 19.1. The molecule has 0 radical (unpaired) electrons. The van der Waals surface area contributed by atoms with Gasteiger partial charge in [0.15, 0.2) is 0 Å². The van der Waals surface area contributed by atoms with Crippen LogP contribution in [0.5, 0.6) is 5.75 Å². The first-order valence-electron chi connectivity index (χ1n) is 5.96. The molecule has 0 amide bonds. The lowest BCUT2D eigenvalue weighted by Gasteiger charge is -2.09. The highest BCUT2D eigenvalue weighted by Gasteiger charge is 2.20. The van der Waals surface area contributed by atoms with E-state index >= 15 is 0 Å². The average molecular weight is 265 g/mol. The lowest BCUT2D eigenvalue weighted by atomic mass is 10.1. The van der Waals surface area contributed by atoms with Gasteiger partial charge in [0.2, 0.25) is 11.7 Å². The standard InChI is InChI=1S/C13H16FN3O2/c1-7(2)11(15)13-16-12(17-19-13)9-6-8(14)4-5-10(9)18-3/h4-7,11H,15H2,1-3H3. The van der Waals surface area contributed by atoms with E-state index in [0.29, 0.717) is 17.2 Å². The number of methoxy groups -OCH3 is 1. The van der Waals surface area contributed by atoms with E-state index in [1.54, 1.807) is 0 Å². The van der Waals surface area contributed by atoms with Gasteiger partial charge in [0, 0.05) is 0 Å². The maximum atomic E-state index is 13.3. The van der Waals surface area contributed by atoms with Crippen LogP contribution in [-0.4, -0.2) is 17.3 Å². The molecule has 0 spiro atoms. The van der Waals surface area contributed by atoms with Crippen molar-refractivity contribution in [3.8, 4) is 17.1 Å². The van der Waals surface area contributed by atoms with Crippen molar-refractivity contribution >= 4 is 0 Å². The summed E-state index contributed by atoms with van der Waals surface area (Å²) >= 11 is 0. The summed E-state index contributed by atoms with van der Waals surface area (Å²) in [6, 6.07) is 3.78. The van der Waals surface area contributed by atoms with Gasteiger partial charge in [0.05, 0.1) is 18.7 Å². The second kappa shape index (κ2) is 5.36. The van der Waals surface area contributed by atoms with E-state index in [2.05, 4.69) is 10.1 Å². The molecular weight excluding hydrogens is 249 g/mol. The fourth-order valence-electron chi connectivity index (χ4n) is 1.62. The van der Waals surface area contributed by atoms with Gasteiger partial charge in [-0.1, -0.05) is 19.0 Å². The quantitative estimate of drug-likeness (QED) is 0.919. The van der Waals surface area contributed by atoms with Crippen LogP contribution in [0.2, 0.25) is 0 Å². The molecule has 6 heteroatoms. The summed E-state index contributed by atoms with van der Waals surface area (Å²) < 4.78 is 23.6. The average Bonchev–Trinajstić information content (AvgIpc) is 2.87. The Labute approximate surface area is 110 Å². The molecular formula is C13H16FN3O2. The zero-order chi connectivity index (χ0) is 14.0. The minimum Gasteiger partial charge on any atom is -0.496 e. The molecule has 2 N–H and O–H groups in total. The Morgan fingerprint density at radius 2 is 2.11 bits per heavy atom. The molecule has 0 aliphatic heterocycles. The summed E-state index contributed by atoms with van der Waals surface area (Å²) in [5, 5.41) is 3.83. The van der Waals surface area contributed by atoms with Crippen LogP contribution in [0.1, 0.15) is 25.8 Å². The van der Waals surface area contributed by atoms with Gasteiger partial charge in [0.1, 0.15) is 11.6 Å². The number of nitrogens with two attached hydrogens (primary N) is 1. The van der Waals surface area contributed by atoms with Crippen LogP contribution in [0.3, 0.4) is 0 Å². The molecule has 0 bridgehead atoms. The predicted molar refractivity (Wildman–Crippen MR) is 68.0 cm³/mol. The van der Waals surface area contributed by atoms with E-state index in [9.17, 15) is 4.39 Å². The monoisotopic (exact) mass is 265 g/mol. The molecule has 0 aliphatic carbocycles. The Morgan fingerprint density at radius 3 is 2.74 bits per heavy atom. The Morgan fingerprint density at radius 1 is 1.37 bits per heavy atom. The van der Waals surface area contributed by atoms with E-state index in [-0.39, 0.29) is 17.8 Å². The molecule has 1 unspecified atom stereocenters. The highest BCUT2D eigenvalue weighted by Crippen LogP contribution is 2.29. The lowest BCUT2D eigenvalue weighted by molar-refractivity contribution is 0.325. The number of rotatable bonds is 4. The number of halogens is 1. The summed E-state index contributed by atoms with van der Waals surface area (Å²) in [4.78, 5) is 4.20. The van der Waals surface area contributed by atoms with Crippen molar-refractivity contribution in [2.75, 3.05) is 7.11 Å². The third-order valence-corrected chi connectivity index (χ3v) is 2.85. The molecule has 1 aromatic carbocycles. The van der Waals surface area contributed by atoms with Crippen molar-refractivity contribution in [2.45, 2.75) is 19.9 Å². The maximum Gasteiger partial charge on any atom is 0.244 e. The van der Waals surface area contributed by atoms with Crippen molar-refractivity contribution in [1.29, 1.82) is 0 Å². The molecule has 2 aromatic rings. The van der Waals surface area contributed by atoms with Crippen molar-refractivity contribution in [3.63, 3.8) is 0 Å². The van der Waals surface area contributed by atoms with Crippen LogP contribution in [0.15, 0.2) is 22.7 Å². The summed E-state index contributed by atoms with van der Waals surface area (Å²) in [6.45, 7) is 3.91. The first-order chi connectivity index (χ1) is 9.02. The molecule has 0 saturated heterocycles. The molecule has 1 aromatic heterocycles. The first-order valence-corrected chi connectivity index (χ1v) is 5.96. The van der Waals surface area contributed by atoms with Gasteiger partial charge in [-0.05, 0) is 24.1 Å². The van der Waals surface area contributed by atoms with Crippen LogP contribution in [0.25, 0.3) is 11.4 Å². The third-order valence-electron chi connectivity index (χ3n) is 2.85. The van der Waals surface area contributed by atoms with Gasteiger partial charge in [-0.3, -0.25) is 0 Å². The van der Waals surface area contributed by atoms with Gasteiger partial charge < -0.3 is 15.0 Å². The third kappa shape index (κ3) is 2.73. The molecule has 102 valence electrons. The van der Waals surface area contributed by atoms with Crippen LogP contribution in [0.4, 0.5) is 4.39 Å². The van der Waals surface area contributed by atoms with E-state index in [4.69, 9.17) is 15.0 Å². The van der Waals surface area contributed by atoms with Gasteiger partial charge in [-0.25, -0.2) is 4.39 Å². The lowest BCUT2D eigenvalue weighted by Crippen LogP contribution is -2.16. The molecule has 0 aliphatic rings. The van der Waals surface area contributed by atoms with Gasteiger partial charge in [0.25, 0.3) is 0 Å². The number of nitrogens with zero attached hydrogens (tertiary/aromatic N) is 2. The summed E-state index contributed by atoms with van der Waals surface area (Å²) in [7, 11) is 1.50. The normalized spacial score (nSPS) is 12.7. The van der Waals surface area contributed by atoms with Crippen molar-refractivity contribution in [3.05, 3.63) is 29.9 Å². The zero-order valence-corrected chi connectivity index (χ0v) is 11.1. The van der Waals surface area contributed by atoms with E-state index in [1.807, 2.05) is 13.8 Å².